The number of hydrogen-bond donors (Lipinski definition) is 1. The molecule has 0 spiro atoms. The Morgan fingerprint density at radius 3 is 2.54 bits per heavy atom. The lowest BCUT2D eigenvalue weighted by molar-refractivity contribution is 0.484. The van der Waals surface area contributed by atoms with E-state index in [9.17, 15) is 10.0 Å². The summed E-state index contributed by atoms with van der Waals surface area (Å²) in [5.74, 6) is 0.556. The average molecular weight is 316 g/mol. The van der Waals surface area contributed by atoms with Gasteiger partial charge in [-0.2, -0.15) is 5.26 Å². The molecule has 6 nitrogen and oxygen atoms in total. The Labute approximate surface area is 136 Å². The summed E-state index contributed by atoms with van der Waals surface area (Å²) < 4.78 is 1.59. The van der Waals surface area contributed by atoms with Crippen molar-refractivity contribution in [2.45, 2.75) is 13.5 Å². The molecule has 1 aromatic heterocycles. The molecule has 24 heavy (non-hydrogen) atoms. The van der Waals surface area contributed by atoms with E-state index >= 15 is 0 Å². The predicted octanol–water partition coefficient (Wildman–Crippen LogP) is 4.28. The second-order valence-electron chi connectivity index (χ2n) is 5.63. The highest BCUT2D eigenvalue weighted by atomic mass is 16.3. The van der Waals surface area contributed by atoms with Gasteiger partial charge in [-0.3, -0.25) is 0 Å². The number of phenols is 1. The molecular weight excluding hydrogens is 304 g/mol. The molecule has 0 aliphatic heterocycles. The fourth-order valence-electron chi connectivity index (χ4n) is 3.21. The Hall–Kier alpha value is -3.46. The van der Waals surface area contributed by atoms with Crippen LogP contribution >= 0.6 is 0 Å². The fourth-order valence-corrected chi connectivity index (χ4v) is 3.21. The molecule has 0 amide bonds. The van der Waals surface area contributed by atoms with Gasteiger partial charge in [0, 0.05) is 10.8 Å². The third-order valence-electron chi connectivity index (χ3n) is 4.32. The average Bonchev–Trinajstić information content (AvgIpc) is 2.91. The summed E-state index contributed by atoms with van der Waals surface area (Å²) in [6.07, 6.45) is 0. The number of hydrogen-bond acceptors (Lipinski definition) is 5. The first-order valence-corrected chi connectivity index (χ1v) is 7.40. The van der Waals surface area contributed by atoms with E-state index in [-0.39, 0.29) is 18.0 Å². The van der Waals surface area contributed by atoms with Crippen LogP contribution in [-0.2, 0) is 6.54 Å². The van der Waals surface area contributed by atoms with E-state index in [0.29, 0.717) is 27.6 Å². The molecular formula is C18H12N4O2. The quantitative estimate of drug-likeness (QED) is 0.441. The maximum Gasteiger partial charge on any atom is 0.149 e. The van der Waals surface area contributed by atoms with Crippen molar-refractivity contribution in [1.82, 2.24) is 9.55 Å². The van der Waals surface area contributed by atoms with E-state index in [1.807, 2.05) is 42.5 Å². The van der Waals surface area contributed by atoms with Gasteiger partial charge < -0.3 is 9.67 Å². The molecule has 0 aliphatic rings. The molecule has 0 saturated heterocycles. The van der Waals surface area contributed by atoms with Crippen LogP contribution < -0.4 is 0 Å². The largest absolute Gasteiger partial charge is 0.505 e. The first kappa shape index (κ1) is 14.2. The van der Waals surface area contributed by atoms with Gasteiger partial charge in [-0.25, -0.2) is 4.98 Å². The molecule has 4 rings (SSSR count). The van der Waals surface area contributed by atoms with Gasteiger partial charge in [0.05, 0.1) is 6.07 Å². The standard InChI is InChI=1S/C18H12N4O2/c1-10-20-16-15(21-24)13-8-11-4-2-3-5-12(11)9-14(13)18(23)17(16)22(10)7-6-19/h2-5,8-9,23H,7H2,1H3. The molecule has 0 bridgehead atoms. The Kier molecular flexibility index (Phi) is 2.97. The van der Waals surface area contributed by atoms with Gasteiger partial charge in [0.25, 0.3) is 0 Å². The first-order valence-electron chi connectivity index (χ1n) is 7.40. The lowest BCUT2D eigenvalue weighted by atomic mass is 10.0. The van der Waals surface area contributed by atoms with Crippen LogP contribution in [0.5, 0.6) is 5.75 Å². The number of nitrogens with zero attached hydrogens (tertiary/aromatic N) is 4. The summed E-state index contributed by atoms with van der Waals surface area (Å²) in [5, 5.41) is 26.0. The molecule has 1 N–H and O–H groups in total. The molecule has 116 valence electrons. The van der Waals surface area contributed by atoms with Crippen LogP contribution in [0.4, 0.5) is 5.69 Å². The number of aromatic hydroxyl groups is 1. The van der Waals surface area contributed by atoms with E-state index < -0.39 is 0 Å². The van der Waals surface area contributed by atoms with E-state index in [4.69, 9.17) is 5.26 Å². The van der Waals surface area contributed by atoms with Crippen LogP contribution in [0.15, 0.2) is 41.6 Å². The number of aryl methyl sites for hydroxylation is 1. The van der Waals surface area contributed by atoms with Crippen LogP contribution in [0.2, 0.25) is 0 Å². The third-order valence-corrected chi connectivity index (χ3v) is 4.32. The number of nitroso groups, excluding NO2 is 1. The number of phenolic OH excluding ortho intramolecular Hbond substituents is 1. The van der Waals surface area contributed by atoms with Crippen LogP contribution in [0.1, 0.15) is 5.82 Å². The highest BCUT2D eigenvalue weighted by Crippen LogP contribution is 2.43. The molecule has 0 saturated carbocycles. The highest BCUT2D eigenvalue weighted by molar-refractivity contribution is 6.15. The summed E-state index contributed by atoms with van der Waals surface area (Å²) in [6.45, 7) is 1.76. The normalized spacial score (nSPS) is 11.2. The number of imidazole rings is 1. The lowest BCUT2D eigenvalue weighted by Gasteiger charge is -2.09. The Balaban J connectivity index is 2.28. The Bertz CT molecular complexity index is 1180. The minimum atomic E-state index is 0.00834. The van der Waals surface area contributed by atoms with Crippen molar-refractivity contribution >= 4 is 38.3 Å². The van der Waals surface area contributed by atoms with Crippen molar-refractivity contribution in [3.63, 3.8) is 0 Å². The monoisotopic (exact) mass is 316 g/mol. The molecule has 4 aromatic rings. The second kappa shape index (κ2) is 5.03. The van der Waals surface area contributed by atoms with Gasteiger partial charge in [0.2, 0.25) is 0 Å². The zero-order valence-electron chi connectivity index (χ0n) is 12.8. The number of nitriles is 1. The Morgan fingerprint density at radius 1 is 1.25 bits per heavy atom. The van der Waals surface area contributed by atoms with Crippen molar-refractivity contribution in [2.24, 2.45) is 5.18 Å². The topological polar surface area (TPSA) is 91.3 Å². The van der Waals surface area contributed by atoms with E-state index in [2.05, 4.69) is 10.2 Å². The van der Waals surface area contributed by atoms with Crippen molar-refractivity contribution in [2.75, 3.05) is 0 Å². The minimum absolute atomic E-state index is 0.00834. The third kappa shape index (κ3) is 1.78. The van der Waals surface area contributed by atoms with Gasteiger partial charge in [0.15, 0.2) is 0 Å². The van der Waals surface area contributed by atoms with Crippen LogP contribution in [0, 0.1) is 23.2 Å². The number of aromatic nitrogens is 2. The summed E-state index contributed by atoms with van der Waals surface area (Å²) in [4.78, 5) is 15.9. The zero-order chi connectivity index (χ0) is 16.8. The maximum atomic E-state index is 11.5. The van der Waals surface area contributed by atoms with Crippen LogP contribution in [0.25, 0.3) is 32.6 Å². The predicted molar refractivity (Wildman–Crippen MR) is 92.2 cm³/mol. The van der Waals surface area contributed by atoms with Gasteiger partial charge >= 0.3 is 0 Å². The molecule has 0 radical (unpaired) electrons. The Morgan fingerprint density at radius 2 is 1.92 bits per heavy atom. The van der Waals surface area contributed by atoms with E-state index in [0.717, 1.165) is 10.8 Å². The highest BCUT2D eigenvalue weighted by Gasteiger charge is 2.21. The number of fused-ring (bicyclic) bond motifs is 3. The van der Waals surface area contributed by atoms with Gasteiger partial charge in [-0.15, -0.1) is 4.91 Å². The molecule has 3 aromatic carbocycles. The second-order valence-corrected chi connectivity index (χ2v) is 5.63. The van der Waals surface area contributed by atoms with Crippen molar-refractivity contribution < 1.29 is 5.11 Å². The summed E-state index contributed by atoms with van der Waals surface area (Å²) in [6, 6.07) is 13.4. The molecule has 6 heteroatoms. The van der Waals surface area contributed by atoms with Crippen LogP contribution in [-0.4, -0.2) is 14.7 Å². The summed E-state index contributed by atoms with van der Waals surface area (Å²) >= 11 is 0. The van der Waals surface area contributed by atoms with E-state index in [1.165, 1.54) is 0 Å². The number of rotatable bonds is 2. The first-order chi connectivity index (χ1) is 11.7. The summed E-state index contributed by atoms with van der Waals surface area (Å²) in [7, 11) is 0. The van der Waals surface area contributed by atoms with Crippen LogP contribution in [0.3, 0.4) is 0 Å². The molecule has 1 heterocycles. The van der Waals surface area contributed by atoms with Gasteiger partial charge in [-0.1, -0.05) is 24.3 Å². The minimum Gasteiger partial charge on any atom is -0.505 e. The van der Waals surface area contributed by atoms with Crippen molar-refractivity contribution in [1.29, 1.82) is 5.26 Å². The SMILES string of the molecule is Cc1nc2c(N=O)c3cc4ccccc4cc3c(O)c2n1CC#N. The van der Waals surface area contributed by atoms with Gasteiger partial charge in [-0.05, 0) is 35.0 Å². The van der Waals surface area contributed by atoms with Gasteiger partial charge in [0.1, 0.15) is 34.8 Å². The molecule has 0 fully saturated rings. The fraction of sp³-hybridized carbons (Fsp3) is 0.111. The summed E-state index contributed by atoms with van der Waals surface area (Å²) in [5.41, 5.74) is 0.868. The number of benzene rings is 3. The van der Waals surface area contributed by atoms with E-state index in [1.54, 1.807) is 11.5 Å². The molecule has 0 unspecified atom stereocenters. The van der Waals surface area contributed by atoms with Crippen molar-refractivity contribution in [3.05, 3.63) is 47.1 Å². The van der Waals surface area contributed by atoms with Crippen molar-refractivity contribution in [3.8, 4) is 11.8 Å². The zero-order valence-corrected chi connectivity index (χ0v) is 12.8. The molecule has 0 atom stereocenters. The molecule has 0 aliphatic carbocycles. The lowest BCUT2D eigenvalue weighted by Crippen LogP contribution is -1.98. The smallest absolute Gasteiger partial charge is 0.149 e. The maximum absolute atomic E-state index is 11.5.